The van der Waals surface area contributed by atoms with Crippen molar-refractivity contribution in [2.75, 3.05) is 6.61 Å². The maximum atomic E-state index is 11.5. The zero-order chi connectivity index (χ0) is 14.4. The molecule has 1 amide bonds. The van der Waals surface area contributed by atoms with Crippen molar-refractivity contribution < 1.29 is 24.0 Å². The van der Waals surface area contributed by atoms with Crippen LogP contribution in [0.25, 0.3) is 0 Å². The molecule has 1 heterocycles. The van der Waals surface area contributed by atoms with Crippen LogP contribution in [0.15, 0.2) is 0 Å². The Labute approximate surface area is 114 Å². The van der Waals surface area contributed by atoms with Gasteiger partial charge in [-0.15, -0.1) is 0 Å². The summed E-state index contributed by atoms with van der Waals surface area (Å²) < 4.78 is 10.3. The molecule has 0 aromatic rings. The van der Waals surface area contributed by atoms with Crippen LogP contribution in [0.4, 0.5) is 4.79 Å². The smallest absolute Gasteiger partial charge is 0.449 e. The van der Waals surface area contributed by atoms with Gasteiger partial charge in [-0.2, -0.15) is 0 Å². The number of hydrogen-bond acceptors (Lipinski definition) is 5. The lowest BCUT2D eigenvalue weighted by Crippen LogP contribution is -2.53. The van der Waals surface area contributed by atoms with Crippen molar-refractivity contribution >= 4 is 19.0 Å². The standard InChI is InChI=1S/C12H22BNO5/c1-8(2)7-18-12(16)14-11-5-4-10(6-9(3)15)19-13(11)17/h8,10-11,17H,4-7H2,1-3H3,(H,14,16)/t10-,11-/m0/s1. The summed E-state index contributed by atoms with van der Waals surface area (Å²) >= 11 is 0. The minimum atomic E-state index is -1.09. The molecule has 7 heteroatoms. The molecule has 0 unspecified atom stereocenters. The molecule has 0 saturated carbocycles. The van der Waals surface area contributed by atoms with E-state index in [-0.39, 0.29) is 17.8 Å². The fourth-order valence-corrected chi connectivity index (χ4v) is 1.92. The summed E-state index contributed by atoms with van der Waals surface area (Å²) in [5, 5.41) is 12.4. The molecule has 0 aromatic heterocycles. The first-order valence-corrected chi connectivity index (χ1v) is 6.64. The maximum absolute atomic E-state index is 11.5. The normalized spacial score (nSPS) is 23.3. The van der Waals surface area contributed by atoms with E-state index in [1.165, 1.54) is 6.92 Å². The molecule has 108 valence electrons. The Kier molecular flexibility index (Phi) is 6.31. The fourth-order valence-electron chi connectivity index (χ4n) is 1.92. The Morgan fingerprint density at radius 3 is 2.68 bits per heavy atom. The number of ketones is 1. The number of carbonyl (C=O) groups is 2. The van der Waals surface area contributed by atoms with Crippen LogP contribution in [0.1, 0.15) is 40.0 Å². The second-order valence-corrected chi connectivity index (χ2v) is 5.38. The number of hydrogen-bond donors (Lipinski definition) is 2. The van der Waals surface area contributed by atoms with Crippen molar-refractivity contribution in [3.05, 3.63) is 0 Å². The SMILES string of the molecule is CC(=O)C[C@@H]1CC[C@H](NC(=O)OCC(C)C)B(O)O1. The van der Waals surface area contributed by atoms with Gasteiger partial charge >= 0.3 is 13.2 Å². The largest absolute Gasteiger partial charge is 0.478 e. The maximum Gasteiger partial charge on any atom is 0.478 e. The average molecular weight is 271 g/mol. The van der Waals surface area contributed by atoms with Crippen molar-refractivity contribution in [1.29, 1.82) is 0 Å². The van der Waals surface area contributed by atoms with Gasteiger partial charge in [0.1, 0.15) is 5.78 Å². The monoisotopic (exact) mass is 271 g/mol. The molecule has 0 spiro atoms. The number of Topliss-reactive ketones (excluding diaryl/α,β-unsaturated/α-hetero) is 1. The van der Waals surface area contributed by atoms with Gasteiger partial charge in [0.25, 0.3) is 0 Å². The predicted octanol–water partition coefficient (Wildman–Crippen LogP) is 0.915. The van der Waals surface area contributed by atoms with Gasteiger partial charge in [0.05, 0.1) is 12.5 Å². The molecule has 19 heavy (non-hydrogen) atoms. The van der Waals surface area contributed by atoms with E-state index >= 15 is 0 Å². The first-order chi connectivity index (χ1) is 8.88. The average Bonchev–Trinajstić information content (AvgIpc) is 2.29. The third kappa shape index (κ3) is 6.07. The van der Waals surface area contributed by atoms with Crippen LogP contribution in [0, 0.1) is 5.92 Å². The van der Waals surface area contributed by atoms with Gasteiger partial charge in [-0.3, -0.25) is 4.79 Å². The highest BCUT2D eigenvalue weighted by Crippen LogP contribution is 2.18. The highest BCUT2D eigenvalue weighted by molar-refractivity contribution is 6.45. The molecule has 1 fully saturated rings. The lowest BCUT2D eigenvalue weighted by molar-refractivity contribution is -0.118. The number of nitrogens with one attached hydrogen (secondary N) is 1. The van der Waals surface area contributed by atoms with E-state index in [0.29, 0.717) is 25.9 Å². The van der Waals surface area contributed by atoms with Crippen molar-refractivity contribution in [3.63, 3.8) is 0 Å². The number of ether oxygens (including phenoxy) is 1. The van der Waals surface area contributed by atoms with E-state index < -0.39 is 19.2 Å². The Balaban J connectivity index is 2.33. The van der Waals surface area contributed by atoms with Crippen LogP contribution in [-0.4, -0.2) is 42.7 Å². The van der Waals surface area contributed by atoms with Crippen LogP contribution in [0.3, 0.4) is 0 Å². The van der Waals surface area contributed by atoms with E-state index in [9.17, 15) is 14.6 Å². The van der Waals surface area contributed by atoms with Crippen molar-refractivity contribution in [3.8, 4) is 0 Å². The zero-order valence-corrected chi connectivity index (χ0v) is 11.7. The minimum absolute atomic E-state index is 0.0277. The van der Waals surface area contributed by atoms with Gasteiger partial charge < -0.3 is 19.7 Å². The molecule has 0 aliphatic carbocycles. The van der Waals surface area contributed by atoms with E-state index in [4.69, 9.17) is 9.39 Å². The van der Waals surface area contributed by atoms with Gasteiger partial charge in [-0.1, -0.05) is 13.8 Å². The first kappa shape index (κ1) is 16.0. The second-order valence-electron chi connectivity index (χ2n) is 5.38. The molecule has 1 rings (SSSR count). The first-order valence-electron chi connectivity index (χ1n) is 6.64. The fraction of sp³-hybridized carbons (Fsp3) is 0.833. The Morgan fingerprint density at radius 2 is 2.16 bits per heavy atom. The minimum Gasteiger partial charge on any atom is -0.449 e. The van der Waals surface area contributed by atoms with E-state index in [2.05, 4.69) is 5.32 Å². The molecule has 0 bridgehead atoms. The highest BCUT2D eigenvalue weighted by Gasteiger charge is 2.36. The number of carbonyl (C=O) groups excluding carboxylic acids is 2. The van der Waals surface area contributed by atoms with Crippen LogP contribution in [0.5, 0.6) is 0 Å². The molecule has 0 radical (unpaired) electrons. The van der Waals surface area contributed by atoms with Crippen LogP contribution in [0.2, 0.25) is 0 Å². The molecular weight excluding hydrogens is 249 g/mol. The molecule has 2 N–H and O–H groups in total. The van der Waals surface area contributed by atoms with E-state index in [1.54, 1.807) is 0 Å². The molecule has 0 aromatic carbocycles. The van der Waals surface area contributed by atoms with Crippen molar-refractivity contribution in [2.45, 2.75) is 52.1 Å². The summed E-state index contributed by atoms with van der Waals surface area (Å²) in [7, 11) is -1.09. The number of amides is 1. The molecule has 1 aliphatic rings. The summed E-state index contributed by atoms with van der Waals surface area (Å²) in [6.07, 6.45) is 0.673. The second kappa shape index (κ2) is 7.50. The molecule has 6 nitrogen and oxygen atoms in total. The summed E-state index contributed by atoms with van der Waals surface area (Å²) in [6.45, 7) is 5.71. The Hall–Kier alpha value is -1.08. The lowest BCUT2D eigenvalue weighted by atomic mass is 9.72. The highest BCUT2D eigenvalue weighted by atomic mass is 16.6. The zero-order valence-electron chi connectivity index (χ0n) is 11.7. The topological polar surface area (TPSA) is 84.9 Å². The van der Waals surface area contributed by atoms with E-state index in [1.807, 2.05) is 13.8 Å². The van der Waals surface area contributed by atoms with Crippen LogP contribution in [-0.2, 0) is 14.2 Å². The van der Waals surface area contributed by atoms with Crippen molar-refractivity contribution in [2.24, 2.45) is 5.92 Å². The Bertz CT molecular complexity index is 323. The molecule has 2 atom stereocenters. The van der Waals surface area contributed by atoms with Crippen LogP contribution >= 0.6 is 0 Å². The Morgan fingerprint density at radius 1 is 1.47 bits per heavy atom. The summed E-state index contributed by atoms with van der Waals surface area (Å²) in [4.78, 5) is 22.4. The molecular formula is C12H22BNO5. The van der Waals surface area contributed by atoms with Gasteiger partial charge in [0, 0.05) is 12.5 Å². The quantitative estimate of drug-likeness (QED) is 0.726. The van der Waals surface area contributed by atoms with Crippen LogP contribution < -0.4 is 5.32 Å². The third-order valence-electron chi connectivity index (χ3n) is 2.84. The molecule has 1 aliphatic heterocycles. The third-order valence-corrected chi connectivity index (χ3v) is 2.84. The summed E-state index contributed by atoms with van der Waals surface area (Å²) in [5.41, 5.74) is 0. The summed E-state index contributed by atoms with van der Waals surface area (Å²) in [6, 6.07) is 0. The van der Waals surface area contributed by atoms with Gasteiger partial charge in [-0.25, -0.2) is 4.79 Å². The van der Waals surface area contributed by atoms with Gasteiger partial charge in [0.15, 0.2) is 0 Å². The van der Waals surface area contributed by atoms with E-state index in [0.717, 1.165) is 0 Å². The molecule has 1 saturated heterocycles. The van der Waals surface area contributed by atoms with Gasteiger partial charge in [0.2, 0.25) is 0 Å². The number of rotatable bonds is 5. The predicted molar refractivity (Wildman–Crippen MR) is 70.5 cm³/mol. The lowest BCUT2D eigenvalue weighted by Gasteiger charge is -2.30. The number of alkyl carbamates (subject to hydrolysis) is 1. The van der Waals surface area contributed by atoms with Gasteiger partial charge in [-0.05, 0) is 25.7 Å². The summed E-state index contributed by atoms with van der Waals surface area (Å²) in [5.74, 6) is -0.193. The van der Waals surface area contributed by atoms with Crippen molar-refractivity contribution in [1.82, 2.24) is 5.32 Å².